The third-order valence-corrected chi connectivity index (χ3v) is 4.64. The van der Waals surface area contributed by atoms with Gasteiger partial charge in [0.2, 0.25) is 0 Å². The topological polar surface area (TPSA) is 76.4 Å². The highest BCUT2D eigenvalue weighted by atomic mass is 16.5. The van der Waals surface area contributed by atoms with Crippen molar-refractivity contribution in [2.45, 2.75) is 44.3 Å². The molecule has 2 N–H and O–H groups in total. The standard InChI is InChI=1S/C19H25N3O3/c1-19(24,15-11-21-22(2)12-15)13-20-18(23)14-7-9-17(10-8-14)25-16-5-3-4-6-16/h7-12,16,24H,3-6,13H2,1-2H3,(H,20,23). The zero-order valence-electron chi connectivity index (χ0n) is 14.7. The van der Waals surface area contributed by atoms with Gasteiger partial charge in [-0.25, -0.2) is 0 Å². The lowest BCUT2D eigenvalue weighted by Crippen LogP contribution is -2.38. The van der Waals surface area contributed by atoms with E-state index >= 15 is 0 Å². The molecular weight excluding hydrogens is 318 g/mol. The molecule has 1 amide bonds. The maximum atomic E-state index is 12.3. The highest BCUT2D eigenvalue weighted by Gasteiger charge is 2.25. The third kappa shape index (κ3) is 4.39. The molecule has 1 unspecified atom stereocenters. The van der Waals surface area contributed by atoms with E-state index in [1.54, 1.807) is 43.2 Å². The Morgan fingerprint density at radius 1 is 1.36 bits per heavy atom. The van der Waals surface area contributed by atoms with Crippen molar-refractivity contribution < 1.29 is 14.6 Å². The van der Waals surface area contributed by atoms with Gasteiger partial charge in [0.15, 0.2) is 0 Å². The molecule has 2 aromatic rings. The molecule has 1 atom stereocenters. The maximum Gasteiger partial charge on any atom is 0.251 e. The number of carbonyl (C=O) groups is 1. The molecule has 0 radical (unpaired) electrons. The zero-order chi connectivity index (χ0) is 17.9. The van der Waals surface area contributed by atoms with Crippen LogP contribution in [0.1, 0.15) is 48.5 Å². The number of rotatable bonds is 6. The fraction of sp³-hybridized carbons (Fsp3) is 0.474. The number of ether oxygens (including phenoxy) is 1. The fourth-order valence-electron chi connectivity index (χ4n) is 3.04. The van der Waals surface area contributed by atoms with Gasteiger partial charge in [-0.3, -0.25) is 9.48 Å². The predicted molar refractivity (Wildman–Crippen MR) is 94.4 cm³/mol. The van der Waals surface area contributed by atoms with Gasteiger partial charge in [0.05, 0.1) is 18.8 Å². The number of benzene rings is 1. The minimum Gasteiger partial charge on any atom is -0.490 e. The summed E-state index contributed by atoms with van der Waals surface area (Å²) in [5, 5.41) is 17.3. The molecule has 0 aliphatic heterocycles. The van der Waals surface area contributed by atoms with Gasteiger partial charge in [-0.05, 0) is 56.9 Å². The molecule has 1 aliphatic rings. The second kappa shape index (κ2) is 7.27. The molecule has 0 spiro atoms. The van der Waals surface area contributed by atoms with Crippen LogP contribution in [0.2, 0.25) is 0 Å². The average Bonchev–Trinajstić information content (AvgIpc) is 3.25. The summed E-state index contributed by atoms with van der Waals surface area (Å²) in [6.45, 7) is 1.76. The lowest BCUT2D eigenvalue weighted by Gasteiger charge is -2.22. The lowest BCUT2D eigenvalue weighted by atomic mass is 9.99. The molecule has 6 heteroatoms. The molecule has 134 valence electrons. The number of aryl methyl sites for hydroxylation is 1. The molecule has 1 fully saturated rings. The monoisotopic (exact) mass is 343 g/mol. The largest absolute Gasteiger partial charge is 0.490 e. The van der Waals surface area contributed by atoms with Crippen LogP contribution in [0, 0.1) is 0 Å². The number of amides is 1. The van der Waals surface area contributed by atoms with Crippen LogP contribution in [0.4, 0.5) is 0 Å². The van der Waals surface area contributed by atoms with Gasteiger partial charge >= 0.3 is 0 Å². The van der Waals surface area contributed by atoms with Crippen molar-refractivity contribution in [2.75, 3.05) is 6.54 Å². The molecule has 1 saturated carbocycles. The van der Waals surface area contributed by atoms with Crippen LogP contribution in [-0.4, -0.2) is 33.4 Å². The summed E-state index contributed by atoms with van der Waals surface area (Å²) in [5.74, 6) is 0.572. The number of hydrogen-bond acceptors (Lipinski definition) is 4. The van der Waals surface area contributed by atoms with E-state index in [4.69, 9.17) is 4.74 Å². The Hall–Kier alpha value is -2.34. The van der Waals surface area contributed by atoms with E-state index in [0.717, 1.165) is 18.6 Å². The Bertz CT molecular complexity index is 716. The summed E-state index contributed by atoms with van der Waals surface area (Å²) < 4.78 is 7.52. The number of nitrogens with one attached hydrogen (secondary N) is 1. The van der Waals surface area contributed by atoms with Gasteiger partial charge in [-0.1, -0.05) is 0 Å². The predicted octanol–water partition coefficient (Wildman–Crippen LogP) is 2.38. The van der Waals surface area contributed by atoms with Crippen molar-refractivity contribution in [3.63, 3.8) is 0 Å². The molecule has 0 saturated heterocycles. The van der Waals surface area contributed by atoms with E-state index in [1.165, 1.54) is 12.8 Å². The van der Waals surface area contributed by atoms with Crippen LogP contribution < -0.4 is 10.1 Å². The normalized spacial score (nSPS) is 17.2. The fourth-order valence-corrected chi connectivity index (χ4v) is 3.04. The van der Waals surface area contributed by atoms with E-state index in [-0.39, 0.29) is 12.5 Å². The number of nitrogens with zero attached hydrogens (tertiary/aromatic N) is 2. The van der Waals surface area contributed by atoms with Crippen molar-refractivity contribution in [2.24, 2.45) is 7.05 Å². The van der Waals surface area contributed by atoms with Crippen LogP contribution in [0.25, 0.3) is 0 Å². The van der Waals surface area contributed by atoms with Gasteiger partial charge in [0, 0.05) is 24.4 Å². The van der Waals surface area contributed by atoms with Crippen LogP contribution in [0.5, 0.6) is 5.75 Å². The van der Waals surface area contributed by atoms with Crippen LogP contribution in [0.15, 0.2) is 36.7 Å². The smallest absolute Gasteiger partial charge is 0.251 e. The summed E-state index contributed by atoms with van der Waals surface area (Å²) in [5.41, 5.74) is 0.0338. The highest BCUT2D eigenvalue weighted by molar-refractivity contribution is 5.94. The second-order valence-corrected chi connectivity index (χ2v) is 6.91. The first-order chi connectivity index (χ1) is 11.9. The molecular formula is C19H25N3O3. The van der Waals surface area contributed by atoms with Crippen LogP contribution in [-0.2, 0) is 12.6 Å². The van der Waals surface area contributed by atoms with Crippen LogP contribution >= 0.6 is 0 Å². The van der Waals surface area contributed by atoms with E-state index in [9.17, 15) is 9.90 Å². The summed E-state index contributed by atoms with van der Waals surface area (Å²) in [4.78, 5) is 12.3. The third-order valence-electron chi connectivity index (χ3n) is 4.64. The minimum atomic E-state index is -1.17. The van der Waals surface area contributed by atoms with E-state index in [1.807, 2.05) is 12.1 Å². The first-order valence-electron chi connectivity index (χ1n) is 8.70. The number of aromatic nitrogens is 2. The first kappa shape index (κ1) is 17.5. The number of hydrogen-bond donors (Lipinski definition) is 2. The van der Waals surface area contributed by atoms with Crippen molar-refractivity contribution in [1.82, 2.24) is 15.1 Å². The summed E-state index contributed by atoms with van der Waals surface area (Å²) in [6.07, 6.45) is 8.29. The molecule has 1 aromatic carbocycles. The molecule has 6 nitrogen and oxygen atoms in total. The molecule has 1 aromatic heterocycles. The van der Waals surface area contributed by atoms with Crippen molar-refractivity contribution in [3.8, 4) is 5.75 Å². The Kier molecular flexibility index (Phi) is 5.08. The van der Waals surface area contributed by atoms with Gasteiger partial charge in [-0.2, -0.15) is 5.10 Å². The van der Waals surface area contributed by atoms with Gasteiger partial charge in [0.1, 0.15) is 11.4 Å². The summed E-state index contributed by atoms with van der Waals surface area (Å²) in [6, 6.07) is 7.15. The van der Waals surface area contributed by atoms with Gasteiger partial charge in [0.25, 0.3) is 5.91 Å². The van der Waals surface area contributed by atoms with Gasteiger partial charge in [-0.15, -0.1) is 0 Å². The molecule has 25 heavy (non-hydrogen) atoms. The Morgan fingerprint density at radius 2 is 2.04 bits per heavy atom. The van der Waals surface area contributed by atoms with E-state index < -0.39 is 5.60 Å². The second-order valence-electron chi connectivity index (χ2n) is 6.91. The van der Waals surface area contributed by atoms with E-state index in [2.05, 4.69) is 10.4 Å². The Morgan fingerprint density at radius 3 is 2.64 bits per heavy atom. The van der Waals surface area contributed by atoms with Crippen molar-refractivity contribution >= 4 is 5.91 Å². The Balaban J connectivity index is 1.55. The zero-order valence-corrected chi connectivity index (χ0v) is 14.7. The highest BCUT2D eigenvalue weighted by Crippen LogP contribution is 2.24. The lowest BCUT2D eigenvalue weighted by molar-refractivity contribution is 0.0526. The number of aliphatic hydroxyl groups is 1. The summed E-state index contributed by atoms with van der Waals surface area (Å²) >= 11 is 0. The van der Waals surface area contributed by atoms with Gasteiger partial charge < -0.3 is 15.2 Å². The number of carbonyl (C=O) groups excluding carboxylic acids is 1. The van der Waals surface area contributed by atoms with Crippen molar-refractivity contribution in [1.29, 1.82) is 0 Å². The van der Waals surface area contributed by atoms with E-state index in [0.29, 0.717) is 17.2 Å². The Labute approximate surface area is 147 Å². The summed E-state index contributed by atoms with van der Waals surface area (Å²) in [7, 11) is 1.79. The first-order valence-corrected chi connectivity index (χ1v) is 8.70. The molecule has 0 bridgehead atoms. The van der Waals surface area contributed by atoms with Crippen LogP contribution in [0.3, 0.4) is 0 Å². The maximum absolute atomic E-state index is 12.3. The quantitative estimate of drug-likeness (QED) is 0.844. The SMILES string of the molecule is Cn1cc(C(C)(O)CNC(=O)c2ccc(OC3CCCC3)cc2)cn1. The molecule has 1 aliphatic carbocycles. The molecule has 1 heterocycles. The molecule has 3 rings (SSSR count). The van der Waals surface area contributed by atoms with Crippen molar-refractivity contribution in [3.05, 3.63) is 47.8 Å². The average molecular weight is 343 g/mol. The minimum absolute atomic E-state index is 0.109.